The average molecular weight is 229 g/mol. The molecule has 0 aliphatic carbocycles. The van der Waals surface area contributed by atoms with Crippen LogP contribution >= 0.6 is 0 Å². The van der Waals surface area contributed by atoms with Gasteiger partial charge >= 0.3 is 0 Å². The van der Waals surface area contributed by atoms with E-state index in [-0.39, 0.29) is 5.82 Å². The van der Waals surface area contributed by atoms with Crippen LogP contribution in [0, 0.1) is 11.8 Å². The number of alkyl halides is 2. The molecule has 1 unspecified atom stereocenters. The molecule has 0 radical (unpaired) electrons. The molecule has 0 spiro atoms. The Balaban J connectivity index is 2.11. The minimum Gasteiger partial charge on any atom is -0.310 e. The fourth-order valence-electron chi connectivity index (χ4n) is 2.44. The van der Waals surface area contributed by atoms with Crippen LogP contribution in [0.25, 0.3) is 0 Å². The van der Waals surface area contributed by atoms with Crippen LogP contribution < -0.4 is 0 Å². The van der Waals surface area contributed by atoms with Gasteiger partial charge in [0.15, 0.2) is 5.82 Å². The lowest BCUT2D eigenvalue weighted by Gasteiger charge is -2.24. The van der Waals surface area contributed by atoms with E-state index in [0.717, 1.165) is 25.1 Å². The molecule has 1 aromatic heterocycles. The van der Waals surface area contributed by atoms with E-state index in [2.05, 4.69) is 24.0 Å². The lowest BCUT2D eigenvalue weighted by Crippen LogP contribution is -2.22. The molecular weight excluding hydrogens is 212 g/mol. The van der Waals surface area contributed by atoms with Crippen molar-refractivity contribution < 1.29 is 8.78 Å². The zero-order chi connectivity index (χ0) is 11.7. The van der Waals surface area contributed by atoms with Gasteiger partial charge in [-0.15, -0.1) is 10.2 Å². The zero-order valence-electron chi connectivity index (χ0n) is 9.66. The molecule has 0 saturated heterocycles. The Morgan fingerprint density at radius 3 is 2.75 bits per heavy atom. The van der Waals surface area contributed by atoms with Gasteiger partial charge in [0, 0.05) is 13.0 Å². The Morgan fingerprint density at radius 1 is 1.38 bits per heavy atom. The van der Waals surface area contributed by atoms with Crippen molar-refractivity contribution in [3.63, 3.8) is 0 Å². The van der Waals surface area contributed by atoms with E-state index in [9.17, 15) is 8.78 Å². The molecule has 3 nitrogen and oxygen atoms in total. The smallest absolute Gasteiger partial charge is 0.297 e. The van der Waals surface area contributed by atoms with Crippen LogP contribution in [0.3, 0.4) is 0 Å². The first-order valence-corrected chi connectivity index (χ1v) is 5.78. The van der Waals surface area contributed by atoms with Crippen molar-refractivity contribution in [3.05, 3.63) is 11.6 Å². The van der Waals surface area contributed by atoms with Gasteiger partial charge < -0.3 is 4.57 Å². The molecule has 0 saturated carbocycles. The molecule has 1 aliphatic heterocycles. The van der Waals surface area contributed by atoms with Gasteiger partial charge in [-0.25, -0.2) is 8.78 Å². The highest BCUT2D eigenvalue weighted by Crippen LogP contribution is 2.28. The summed E-state index contributed by atoms with van der Waals surface area (Å²) < 4.78 is 26.7. The van der Waals surface area contributed by atoms with Crippen LogP contribution in [-0.2, 0) is 13.0 Å². The van der Waals surface area contributed by atoms with Gasteiger partial charge in [-0.05, 0) is 24.7 Å². The Morgan fingerprint density at radius 2 is 2.12 bits per heavy atom. The van der Waals surface area contributed by atoms with E-state index in [4.69, 9.17) is 0 Å². The average Bonchev–Trinajstić information content (AvgIpc) is 2.59. The van der Waals surface area contributed by atoms with Crippen molar-refractivity contribution >= 4 is 0 Å². The van der Waals surface area contributed by atoms with Crippen LogP contribution in [0.1, 0.15) is 44.8 Å². The highest BCUT2D eigenvalue weighted by atomic mass is 19.3. The van der Waals surface area contributed by atoms with Crippen LogP contribution in [0.15, 0.2) is 0 Å². The van der Waals surface area contributed by atoms with E-state index >= 15 is 0 Å². The van der Waals surface area contributed by atoms with E-state index in [0.29, 0.717) is 18.4 Å². The van der Waals surface area contributed by atoms with Crippen LogP contribution in [0.4, 0.5) is 8.78 Å². The highest BCUT2D eigenvalue weighted by Gasteiger charge is 2.26. The number of hydrogen-bond donors (Lipinski definition) is 0. The number of nitrogens with zero attached hydrogens (tertiary/aromatic N) is 3. The summed E-state index contributed by atoms with van der Waals surface area (Å²) in [4.78, 5) is 0. The fraction of sp³-hybridized carbons (Fsp3) is 0.818. The summed E-state index contributed by atoms with van der Waals surface area (Å²) in [6, 6.07) is 0. The number of hydrogen-bond acceptors (Lipinski definition) is 2. The third-order valence-corrected chi connectivity index (χ3v) is 3.09. The van der Waals surface area contributed by atoms with Gasteiger partial charge in [0.1, 0.15) is 5.82 Å². The maximum atomic E-state index is 12.6. The minimum atomic E-state index is -2.51. The van der Waals surface area contributed by atoms with Gasteiger partial charge in [-0.3, -0.25) is 0 Å². The number of halogens is 2. The van der Waals surface area contributed by atoms with E-state index in [1.54, 1.807) is 4.57 Å². The Labute approximate surface area is 93.9 Å². The van der Waals surface area contributed by atoms with Crippen molar-refractivity contribution in [3.8, 4) is 0 Å². The monoisotopic (exact) mass is 229 g/mol. The van der Waals surface area contributed by atoms with Gasteiger partial charge in [0.05, 0.1) is 0 Å². The standard InChI is InChI=1S/C11H17F2N3/c1-7(2)5-8-3-4-16-9(6-8)14-15-11(16)10(12)13/h7-8,10H,3-6H2,1-2H3. The number of aromatic nitrogens is 3. The molecule has 90 valence electrons. The second kappa shape index (κ2) is 4.47. The second-order valence-corrected chi connectivity index (χ2v) is 4.92. The predicted octanol–water partition coefficient (Wildman–Crippen LogP) is 2.82. The topological polar surface area (TPSA) is 30.7 Å². The van der Waals surface area contributed by atoms with Crippen LogP contribution in [-0.4, -0.2) is 14.8 Å². The Hall–Kier alpha value is -1.00. The Kier molecular flexibility index (Phi) is 3.21. The first kappa shape index (κ1) is 11.5. The molecule has 2 heterocycles. The second-order valence-electron chi connectivity index (χ2n) is 4.92. The van der Waals surface area contributed by atoms with Crippen molar-refractivity contribution in [1.29, 1.82) is 0 Å². The van der Waals surface area contributed by atoms with Crippen LogP contribution in [0.2, 0.25) is 0 Å². The van der Waals surface area contributed by atoms with Crippen LogP contribution in [0.5, 0.6) is 0 Å². The third kappa shape index (κ3) is 2.23. The van der Waals surface area contributed by atoms with E-state index in [1.165, 1.54) is 0 Å². The lowest BCUT2D eigenvalue weighted by molar-refractivity contribution is 0.132. The molecular formula is C11H17F2N3. The van der Waals surface area contributed by atoms with E-state index < -0.39 is 6.43 Å². The summed E-state index contributed by atoms with van der Waals surface area (Å²) >= 11 is 0. The molecule has 5 heteroatoms. The van der Waals surface area contributed by atoms with Gasteiger partial charge in [0.25, 0.3) is 6.43 Å². The lowest BCUT2D eigenvalue weighted by atomic mass is 9.89. The maximum absolute atomic E-state index is 12.6. The number of rotatable bonds is 3. The Bertz CT molecular complexity index is 360. The van der Waals surface area contributed by atoms with Gasteiger partial charge in [-0.1, -0.05) is 13.8 Å². The van der Waals surface area contributed by atoms with Crippen molar-refractivity contribution in [1.82, 2.24) is 14.8 Å². The molecule has 0 fully saturated rings. The molecule has 2 rings (SSSR count). The van der Waals surface area contributed by atoms with E-state index in [1.807, 2.05) is 0 Å². The predicted molar refractivity (Wildman–Crippen MR) is 56.2 cm³/mol. The van der Waals surface area contributed by atoms with Crippen molar-refractivity contribution in [2.75, 3.05) is 0 Å². The molecule has 0 bridgehead atoms. The molecule has 0 aromatic carbocycles. The highest BCUT2D eigenvalue weighted by molar-refractivity contribution is 5.01. The molecule has 0 N–H and O–H groups in total. The molecule has 16 heavy (non-hydrogen) atoms. The quantitative estimate of drug-likeness (QED) is 0.798. The van der Waals surface area contributed by atoms with Crippen molar-refractivity contribution in [2.45, 2.75) is 46.1 Å². The minimum absolute atomic E-state index is 0.169. The summed E-state index contributed by atoms with van der Waals surface area (Å²) in [7, 11) is 0. The summed E-state index contributed by atoms with van der Waals surface area (Å²) in [6.07, 6.45) is 0.375. The summed E-state index contributed by atoms with van der Waals surface area (Å²) in [5.41, 5.74) is 0. The van der Waals surface area contributed by atoms with Gasteiger partial charge in [-0.2, -0.15) is 0 Å². The molecule has 1 aliphatic rings. The maximum Gasteiger partial charge on any atom is 0.297 e. The normalized spacial score (nSPS) is 20.5. The zero-order valence-corrected chi connectivity index (χ0v) is 9.66. The fourth-order valence-corrected chi connectivity index (χ4v) is 2.44. The van der Waals surface area contributed by atoms with Crippen molar-refractivity contribution in [2.24, 2.45) is 11.8 Å². The first-order valence-electron chi connectivity index (χ1n) is 5.78. The van der Waals surface area contributed by atoms with Gasteiger partial charge in [0.2, 0.25) is 0 Å². The molecule has 0 amide bonds. The molecule has 1 aromatic rings. The number of fused-ring (bicyclic) bond motifs is 1. The summed E-state index contributed by atoms with van der Waals surface area (Å²) in [6.45, 7) is 5.01. The largest absolute Gasteiger partial charge is 0.310 e. The molecule has 1 atom stereocenters. The summed E-state index contributed by atoms with van der Waals surface area (Å²) in [5, 5.41) is 7.44. The SMILES string of the molecule is CC(C)CC1CCn2c(nnc2C(F)F)C1. The first-order chi connectivity index (χ1) is 7.58. The third-order valence-electron chi connectivity index (χ3n) is 3.09. The summed E-state index contributed by atoms with van der Waals surface area (Å²) in [5.74, 6) is 1.78.